The second-order valence-electron chi connectivity index (χ2n) is 1.44. The molecule has 0 N–H and O–H groups in total. The van der Waals surface area contributed by atoms with Gasteiger partial charge in [-0.15, -0.1) is 6.42 Å². The lowest BCUT2D eigenvalue weighted by Gasteiger charge is -2.20. The van der Waals surface area contributed by atoms with E-state index < -0.39 is 12.5 Å². The molecule has 2 nitrogen and oxygen atoms in total. The second kappa shape index (κ2) is 3.44. The molecule has 0 aliphatic heterocycles. The smallest absolute Gasteiger partial charge is 0.262 e. The van der Waals surface area contributed by atoms with Crippen LogP contribution in [0.4, 0.5) is 4.39 Å². The largest absolute Gasteiger partial charge is 0.341 e. The summed E-state index contributed by atoms with van der Waals surface area (Å²) >= 11 is 0. The Kier molecular flexibility index (Phi) is 3.21. The van der Waals surface area contributed by atoms with Crippen LogP contribution >= 0.6 is 0 Å². The van der Waals surface area contributed by atoms with Crippen LogP contribution in [-0.4, -0.2) is 26.7 Å². The summed E-state index contributed by atoms with van der Waals surface area (Å²) < 4.78 is 21.0. The maximum absolute atomic E-state index is 11.9. The molecule has 0 aliphatic carbocycles. The average molecular weight is 132 g/mol. The standard InChI is InChI=1S/C6H9FO2/c1-4-6(5-7,8-2)9-3/h1H,5H2,2-3H3. The highest BCUT2D eigenvalue weighted by Crippen LogP contribution is 2.08. The molecule has 9 heavy (non-hydrogen) atoms. The van der Waals surface area contributed by atoms with Gasteiger partial charge in [0.05, 0.1) is 0 Å². The first-order chi connectivity index (χ1) is 4.24. The SMILES string of the molecule is C#CC(CF)(OC)OC. The van der Waals surface area contributed by atoms with Crippen LogP contribution in [0.2, 0.25) is 0 Å². The van der Waals surface area contributed by atoms with Gasteiger partial charge in [-0.2, -0.15) is 0 Å². The minimum Gasteiger partial charge on any atom is -0.341 e. The first-order valence-electron chi connectivity index (χ1n) is 2.38. The molecule has 0 heterocycles. The molecule has 0 saturated carbocycles. The van der Waals surface area contributed by atoms with Crippen molar-refractivity contribution in [1.82, 2.24) is 0 Å². The van der Waals surface area contributed by atoms with Gasteiger partial charge >= 0.3 is 0 Å². The molecule has 52 valence electrons. The summed E-state index contributed by atoms with van der Waals surface area (Å²) in [4.78, 5) is 0. The highest BCUT2D eigenvalue weighted by molar-refractivity contribution is 5.01. The number of alkyl halides is 1. The molecule has 0 fully saturated rings. The zero-order chi connectivity index (χ0) is 7.33. The predicted octanol–water partition coefficient (Wildman–Crippen LogP) is 0.578. The summed E-state index contributed by atoms with van der Waals surface area (Å²) in [5.41, 5.74) is 0. The molecule has 0 rings (SSSR count). The highest BCUT2D eigenvalue weighted by Gasteiger charge is 2.25. The number of ether oxygens (including phenoxy) is 2. The maximum atomic E-state index is 11.9. The number of hydrogen-bond donors (Lipinski definition) is 0. The Hall–Kier alpha value is -0.590. The lowest BCUT2D eigenvalue weighted by atomic mass is 10.3. The van der Waals surface area contributed by atoms with Crippen molar-refractivity contribution in [2.45, 2.75) is 5.79 Å². The van der Waals surface area contributed by atoms with E-state index in [1.54, 1.807) is 0 Å². The Morgan fingerprint density at radius 2 is 2.00 bits per heavy atom. The predicted molar refractivity (Wildman–Crippen MR) is 31.6 cm³/mol. The van der Waals surface area contributed by atoms with Crippen molar-refractivity contribution < 1.29 is 13.9 Å². The van der Waals surface area contributed by atoms with E-state index in [0.29, 0.717) is 0 Å². The number of hydrogen-bond acceptors (Lipinski definition) is 2. The summed E-state index contributed by atoms with van der Waals surface area (Å²) in [6.07, 6.45) is 4.90. The third kappa shape index (κ3) is 1.67. The van der Waals surface area contributed by atoms with Gasteiger partial charge in [0.15, 0.2) is 6.67 Å². The Morgan fingerprint density at radius 3 is 2.00 bits per heavy atom. The van der Waals surface area contributed by atoms with Gasteiger partial charge < -0.3 is 9.47 Å². The van der Waals surface area contributed by atoms with Crippen LogP contribution in [-0.2, 0) is 9.47 Å². The van der Waals surface area contributed by atoms with Crippen molar-refractivity contribution in [2.75, 3.05) is 20.9 Å². The second-order valence-corrected chi connectivity index (χ2v) is 1.44. The number of halogens is 1. The van der Waals surface area contributed by atoms with Gasteiger partial charge in [-0.1, -0.05) is 0 Å². The lowest BCUT2D eigenvalue weighted by Crippen LogP contribution is -2.34. The number of terminal acetylenes is 1. The molecule has 0 aliphatic rings. The fraction of sp³-hybridized carbons (Fsp3) is 0.667. The molecule has 0 aromatic rings. The molecule has 0 aromatic heterocycles. The third-order valence-electron chi connectivity index (χ3n) is 1.06. The summed E-state index contributed by atoms with van der Waals surface area (Å²) in [6.45, 7) is -0.837. The zero-order valence-electron chi connectivity index (χ0n) is 5.48. The summed E-state index contributed by atoms with van der Waals surface area (Å²) in [7, 11) is 2.59. The van der Waals surface area contributed by atoms with E-state index in [4.69, 9.17) is 6.42 Å². The van der Waals surface area contributed by atoms with Crippen LogP contribution in [0.25, 0.3) is 0 Å². The van der Waals surface area contributed by atoms with Crippen LogP contribution in [0.15, 0.2) is 0 Å². The van der Waals surface area contributed by atoms with Crippen molar-refractivity contribution in [3.8, 4) is 12.3 Å². The third-order valence-corrected chi connectivity index (χ3v) is 1.06. The van der Waals surface area contributed by atoms with Crippen molar-refractivity contribution in [3.63, 3.8) is 0 Å². The van der Waals surface area contributed by atoms with Crippen LogP contribution in [0.1, 0.15) is 0 Å². The normalized spacial score (nSPS) is 10.9. The molecular formula is C6H9FO2. The molecule has 0 bridgehead atoms. The minimum absolute atomic E-state index is 0.837. The first kappa shape index (κ1) is 8.41. The topological polar surface area (TPSA) is 18.5 Å². The monoisotopic (exact) mass is 132 g/mol. The molecular weight excluding hydrogens is 123 g/mol. The molecule has 0 amide bonds. The molecule has 3 heteroatoms. The maximum Gasteiger partial charge on any atom is 0.262 e. The van der Waals surface area contributed by atoms with E-state index in [2.05, 4.69) is 9.47 Å². The van der Waals surface area contributed by atoms with Crippen molar-refractivity contribution in [1.29, 1.82) is 0 Å². The van der Waals surface area contributed by atoms with Crippen molar-refractivity contribution >= 4 is 0 Å². The minimum atomic E-state index is -1.47. The first-order valence-corrected chi connectivity index (χ1v) is 2.38. The van der Waals surface area contributed by atoms with E-state index in [9.17, 15) is 4.39 Å². The number of methoxy groups -OCH3 is 2. The zero-order valence-corrected chi connectivity index (χ0v) is 5.48. The molecule has 0 saturated heterocycles. The van der Waals surface area contributed by atoms with Crippen LogP contribution in [0.5, 0.6) is 0 Å². The summed E-state index contributed by atoms with van der Waals surface area (Å²) in [5, 5.41) is 0. The fourth-order valence-corrected chi connectivity index (χ4v) is 0.349. The van der Waals surface area contributed by atoms with Gasteiger partial charge in [0.2, 0.25) is 0 Å². The van der Waals surface area contributed by atoms with Crippen LogP contribution in [0, 0.1) is 12.3 Å². The lowest BCUT2D eigenvalue weighted by molar-refractivity contribution is -0.171. The van der Waals surface area contributed by atoms with E-state index in [-0.39, 0.29) is 0 Å². The van der Waals surface area contributed by atoms with Gasteiger partial charge in [0, 0.05) is 14.2 Å². The van der Waals surface area contributed by atoms with E-state index in [0.717, 1.165) is 0 Å². The Balaban J connectivity index is 4.04. The van der Waals surface area contributed by atoms with Gasteiger partial charge in [-0.3, -0.25) is 0 Å². The van der Waals surface area contributed by atoms with Gasteiger partial charge in [-0.05, 0) is 5.92 Å². The Bertz CT molecular complexity index is 104. The molecule has 0 spiro atoms. The van der Waals surface area contributed by atoms with Crippen molar-refractivity contribution in [2.24, 2.45) is 0 Å². The van der Waals surface area contributed by atoms with E-state index in [1.165, 1.54) is 14.2 Å². The van der Waals surface area contributed by atoms with Gasteiger partial charge in [0.25, 0.3) is 5.79 Å². The molecule has 0 aromatic carbocycles. The molecule has 0 atom stereocenters. The molecule has 0 unspecified atom stereocenters. The quantitative estimate of drug-likeness (QED) is 0.413. The average Bonchev–Trinajstić information content (AvgIpc) is 1.95. The summed E-state index contributed by atoms with van der Waals surface area (Å²) in [6, 6.07) is 0. The van der Waals surface area contributed by atoms with Crippen LogP contribution < -0.4 is 0 Å². The van der Waals surface area contributed by atoms with Crippen LogP contribution in [0.3, 0.4) is 0 Å². The van der Waals surface area contributed by atoms with E-state index >= 15 is 0 Å². The highest BCUT2D eigenvalue weighted by atomic mass is 19.1. The Morgan fingerprint density at radius 1 is 1.56 bits per heavy atom. The summed E-state index contributed by atoms with van der Waals surface area (Å²) in [5.74, 6) is 0.573. The van der Waals surface area contributed by atoms with E-state index in [1.807, 2.05) is 5.92 Å². The van der Waals surface area contributed by atoms with Crippen molar-refractivity contribution in [3.05, 3.63) is 0 Å². The van der Waals surface area contributed by atoms with Gasteiger partial charge in [0.1, 0.15) is 0 Å². The fourth-order valence-electron chi connectivity index (χ4n) is 0.349. The number of rotatable bonds is 3. The Labute approximate surface area is 54.0 Å². The molecule has 0 radical (unpaired) electrons. The van der Waals surface area contributed by atoms with Gasteiger partial charge in [-0.25, -0.2) is 4.39 Å².